The molecule has 1 amide bonds. The normalized spacial score (nSPS) is 10.8. The number of methoxy groups -OCH3 is 1. The van der Waals surface area contributed by atoms with Crippen molar-refractivity contribution in [2.24, 2.45) is 5.73 Å². The monoisotopic (exact) mass is 202 g/mol. The van der Waals surface area contributed by atoms with Gasteiger partial charge in [0, 0.05) is 20.3 Å². The standard InChI is InChI=1S/C10H22N2O2/c1-3-4-6-12(9-10(11)13)7-5-8-14-2/h3-9H2,1-2H3,(H2,11,13). The van der Waals surface area contributed by atoms with Crippen LogP contribution in [0.4, 0.5) is 0 Å². The van der Waals surface area contributed by atoms with Crippen LogP contribution in [0.25, 0.3) is 0 Å². The first-order valence-corrected chi connectivity index (χ1v) is 5.20. The van der Waals surface area contributed by atoms with Crippen LogP contribution in [0, 0.1) is 0 Å². The number of ether oxygens (including phenoxy) is 1. The third-order valence-electron chi connectivity index (χ3n) is 2.03. The summed E-state index contributed by atoms with van der Waals surface area (Å²) >= 11 is 0. The summed E-state index contributed by atoms with van der Waals surface area (Å²) in [6.45, 7) is 5.07. The number of nitrogens with two attached hydrogens (primary N) is 1. The molecule has 0 aromatic rings. The van der Waals surface area contributed by atoms with Gasteiger partial charge in [-0.3, -0.25) is 9.69 Å². The number of rotatable bonds is 9. The van der Waals surface area contributed by atoms with Gasteiger partial charge >= 0.3 is 0 Å². The third-order valence-corrected chi connectivity index (χ3v) is 2.03. The van der Waals surface area contributed by atoms with Gasteiger partial charge in [0.25, 0.3) is 0 Å². The summed E-state index contributed by atoms with van der Waals surface area (Å²) < 4.78 is 4.96. The lowest BCUT2D eigenvalue weighted by Crippen LogP contribution is -2.35. The number of nitrogens with zero attached hydrogens (tertiary/aromatic N) is 1. The Morgan fingerprint density at radius 1 is 1.36 bits per heavy atom. The molecular weight excluding hydrogens is 180 g/mol. The molecular formula is C10H22N2O2. The summed E-state index contributed by atoms with van der Waals surface area (Å²) in [7, 11) is 1.68. The summed E-state index contributed by atoms with van der Waals surface area (Å²) in [6.07, 6.45) is 3.20. The second-order valence-corrected chi connectivity index (χ2v) is 3.44. The average molecular weight is 202 g/mol. The lowest BCUT2D eigenvalue weighted by atomic mass is 10.3. The highest BCUT2D eigenvalue weighted by molar-refractivity contribution is 5.75. The predicted octanol–water partition coefficient (Wildman–Crippen LogP) is 0.610. The maximum Gasteiger partial charge on any atom is 0.231 e. The second kappa shape index (κ2) is 8.97. The first kappa shape index (κ1) is 13.4. The van der Waals surface area contributed by atoms with Crippen LogP contribution in [0.1, 0.15) is 26.2 Å². The Balaban J connectivity index is 3.66. The summed E-state index contributed by atoms with van der Waals surface area (Å²) in [6, 6.07) is 0. The number of amides is 1. The van der Waals surface area contributed by atoms with Crippen molar-refractivity contribution in [3.63, 3.8) is 0 Å². The Kier molecular flexibility index (Phi) is 8.57. The van der Waals surface area contributed by atoms with Crippen LogP contribution in [-0.4, -0.2) is 44.2 Å². The van der Waals surface area contributed by atoms with E-state index < -0.39 is 0 Å². The van der Waals surface area contributed by atoms with Gasteiger partial charge in [0.1, 0.15) is 0 Å². The number of carbonyl (C=O) groups is 1. The molecule has 0 radical (unpaired) electrons. The fourth-order valence-electron chi connectivity index (χ4n) is 1.30. The highest BCUT2D eigenvalue weighted by Crippen LogP contribution is 1.96. The highest BCUT2D eigenvalue weighted by atomic mass is 16.5. The highest BCUT2D eigenvalue weighted by Gasteiger charge is 2.06. The fourth-order valence-corrected chi connectivity index (χ4v) is 1.30. The average Bonchev–Trinajstić information content (AvgIpc) is 2.13. The molecule has 0 aliphatic heterocycles. The molecule has 0 aliphatic carbocycles. The molecule has 0 spiro atoms. The van der Waals surface area contributed by atoms with Crippen molar-refractivity contribution in [1.82, 2.24) is 4.90 Å². The predicted molar refractivity (Wildman–Crippen MR) is 57.0 cm³/mol. The molecule has 84 valence electrons. The van der Waals surface area contributed by atoms with Crippen LogP contribution < -0.4 is 5.73 Å². The van der Waals surface area contributed by atoms with Crippen LogP contribution in [0.2, 0.25) is 0 Å². The van der Waals surface area contributed by atoms with Gasteiger partial charge in [0.15, 0.2) is 0 Å². The van der Waals surface area contributed by atoms with Crippen molar-refractivity contribution in [2.75, 3.05) is 33.4 Å². The lowest BCUT2D eigenvalue weighted by molar-refractivity contribution is -0.119. The van der Waals surface area contributed by atoms with Crippen molar-refractivity contribution in [2.45, 2.75) is 26.2 Å². The molecule has 0 unspecified atom stereocenters. The first-order chi connectivity index (χ1) is 6.70. The topological polar surface area (TPSA) is 55.6 Å². The molecule has 0 aromatic heterocycles. The van der Waals surface area contributed by atoms with E-state index in [1.54, 1.807) is 7.11 Å². The van der Waals surface area contributed by atoms with E-state index in [-0.39, 0.29) is 5.91 Å². The Hall–Kier alpha value is -0.610. The molecule has 0 saturated carbocycles. The molecule has 0 saturated heterocycles. The molecule has 14 heavy (non-hydrogen) atoms. The van der Waals surface area contributed by atoms with Crippen molar-refractivity contribution < 1.29 is 9.53 Å². The number of hydrogen-bond acceptors (Lipinski definition) is 3. The minimum Gasteiger partial charge on any atom is -0.385 e. The molecule has 4 nitrogen and oxygen atoms in total. The van der Waals surface area contributed by atoms with Gasteiger partial charge in [-0.25, -0.2) is 0 Å². The Bertz CT molecular complexity index is 151. The van der Waals surface area contributed by atoms with E-state index in [0.29, 0.717) is 6.54 Å². The van der Waals surface area contributed by atoms with E-state index in [4.69, 9.17) is 10.5 Å². The second-order valence-electron chi connectivity index (χ2n) is 3.44. The first-order valence-electron chi connectivity index (χ1n) is 5.20. The zero-order valence-electron chi connectivity index (χ0n) is 9.29. The number of primary amides is 1. The molecule has 4 heteroatoms. The zero-order valence-corrected chi connectivity index (χ0v) is 9.29. The molecule has 0 bridgehead atoms. The summed E-state index contributed by atoms with van der Waals surface area (Å²) in [5, 5.41) is 0. The fraction of sp³-hybridized carbons (Fsp3) is 0.900. The van der Waals surface area contributed by atoms with Crippen LogP contribution in [0.15, 0.2) is 0 Å². The smallest absolute Gasteiger partial charge is 0.231 e. The molecule has 2 N–H and O–H groups in total. The van der Waals surface area contributed by atoms with Gasteiger partial charge in [-0.15, -0.1) is 0 Å². The maximum atomic E-state index is 10.8. The molecule has 0 atom stereocenters. The number of unbranched alkanes of at least 4 members (excludes halogenated alkanes) is 1. The number of carbonyl (C=O) groups excluding carboxylic acids is 1. The molecule has 0 aromatic carbocycles. The summed E-state index contributed by atoms with van der Waals surface area (Å²) in [5.41, 5.74) is 5.16. The molecule has 0 rings (SSSR count). The molecule has 0 fully saturated rings. The Labute approximate surface area is 86.4 Å². The van der Waals surface area contributed by atoms with Gasteiger partial charge < -0.3 is 10.5 Å². The van der Waals surface area contributed by atoms with Crippen molar-refractivity contribution in [3.05, 3.63) is 0 Å². The van der Waals surface area contributed by atoms with E-state index in [1.165, 1.54) is 0 Å². The van der Waals surface area contributed by atoms with Crippen LogP contribution in [0.5, 0.6) is 0 Å². The Morgan fingerprint density at radius 3 is 2.50 bits per heavy atom. The van der Waals surface area contributed by atoms with E-state index >= 15 is 0 Å². The Morgan fingerprint density at radius 2 is 2.00 bits per heavy atom. The van der Waals surface area contributed by atoms with Gasteiger partial charge in [-0.2, -0.15) is 0 Å². The van der Waals surface area contributed by atoms with E-state index in [2.05, 4.69) is 11.8 Å². The quantitative estimate of drug-likeness (QED) is 0.557. The summed E-state index contributed by atoms with van der Waals surface area (Å²) in [4.78, 5) is 12.8. The van der Waals surface area contributed by atoms with Gasteiger partial charge in [-0.1, -0.05) is 13.3 Å². The van der Waals surface area contributed by atoms with Crippen molar-refractivity contribution >= 4 is 5.91 Å². The van der Waals surface area contributed by atoms with E-state index in [0.717, 1.165) is 39.0 Å². The van der Waals surface area contributed by atoms with Gasteiger partial charge in [0.2, 0.25) is 5.91 Å². The molecule has 0 aliphatic rings. The van der Waals surface area contributed by atoms with Crippen LogP contribution >= 0.6 is 0 Å². The van der Waals surface area contributed by atoms with Crippen molar-refractivity contribution in [1.29, 1.82) is 0 Å². The van der Waals surface area contributed by atoms with Crippen LogP contribution in [-0.2, 0) is 9.53 Å². The maximum absolute atomic E-state index is 10.8. The van der Waals surface area contributed by atoms with Crippen LogP contribution in [0.3, 0.4) is 0 Å². The molecule has 0 heterocycles. The van der Waals surface area contributed by atoms with E-state index in [1.807, 2.05) is 0 Å². The lowest BCUT2D eigenvalue weighted by Gasteiger charge is -2.19. The minimum absolute atomic E-state index is 0.251. The largest absolute Gasteiger partial charge is 0.385 e. The van der Waals surface area contributed by atoms with E-state index in [9.17, 15) is 4.79 Å². The zero-order chi connectivity index (χ0) is 10.8. The van der Waals surface area contributed by atoms with Crippen molar-refractivity contribution in [3.8, 4) is 0 Å². The number of hydrogen-bond donors (Lipinski definition) is 1. The van der Waals surface area contributed by atoms with Gasteiger partial charge in [0.05, 0.1) is 6.54 Å². The van der Waals surface area contributed by atoms with Gasteiger partial charge in [-0.05, 0) is 19.4 Å². The SMILES string of the molecule is CCCCN(CCCOC)CC(N)=O. The minimum atomic E-state index is -0.251. The summed E-state index contributed by atoms with van der Waals surface area (Å²) in [5.74, 6) is -0.251. The third kappa shape index (κ3) is 8.01.